The van der Waals surface area contributed by atoms with Gasteiger partial charge in [0, 0.05) is 0 Å². The van der Waals surface area contributed by atoms with Crippen molar-refractivity contribution < 1.29 is 0 Å². The van der Waals surface area contributed by atoms with E-state index in [4.69, 9.17) is 0 Å². The summed E-state index contributed by atoms with van der Waals surface area (Å²) in [5.41, 5.74) is 3.20. The van der Waals surface area contributed by atoms with E-state index >= 15 is 0 Å². The van der Waals surface area contributed by atoms with Gasteiger partial charge >= 0.3 is 67.4 Å². The van der Waals surface area contributed by atoms with Gasteiger partial charge in [-0.05, 0) is 0 Å². The van der Waals surface area contributed by atoms with E-state index in [1.807, 2.05) is 0 Å². The molecule has 10 heavy (non-hydrogen) atoms. The van der Waals surface area contributed by atoms with Crippen LogP contribution in [0.15, 0.2) is 24.3 Å². The molecule has 0 fully saturated rings. The molecule has 1 aliphatic rings. The molecule has 0 aromatic heterocycles. The van der Waals surface area contributed by atoms with Gasteiger partial charge in [0.05, 0.1) is 0 Å². The van der Waals surface area contributed by atoms with Gasteiger partial charge in [-0.2, -0.15) is 0 Å². The first-order chi connectivity index (χ1) is 4.97. The van der Waals surface area contributed by atoms with Crippen molar-refractivity contribution in [2.75, 3.05) is 0 Å². The molecule has 1 aliphatic heterocycles. The molecule has 1 heteroatoms. The van der Waals surface area contributed by atoms with Crippen LogP contribution in [0.25, 0.3) is 0 Å². The average Bonchev–Trinajstić information content (AvgIpc) is 2.05. The molecule has 0 unspecified atom stereocenters. The quantitative estimate of drug-likeness (QED) is 0.557. The summed E-state index contributed by atoms with van der Waals surface area (Å²) in [5, 5.41) is 2.81. The Morgan fingerprint density at radius 3 is 2.70 bits per heavy atom. The van der Waals surface area contributed by atoms with E-state index in [-0.39, 0.29) is 0 Å². The van der Waals surface area contributed by atoms with Gasteiger partial charge < -0.3 is 0 Å². The van der Waals surface area contributed by atoms with Crippen molar-refractivity contribution in [1.82, 2.24) is 0 Å². The Labute approximate surface area is 67.8 Å². The molecule has 0 aliphatic carbocycles. The van der Waals surface area contributed by atoms with Crippen LogP contribution in [0.5, 0.6) is 0 Å². The Hall–Kier alpha value is -0.261. The van der Waals surface area contributed by atoms with Gasteiger partial charge in [0.2, 0.25) is 0 Å². The molecule has 1 heterocycles. The molecule has 0 atom stereocenters. The number of benzene rings is 1. The van der Waals surface area contributed by atoms with Crippen LogP contribution in [0, 0.1) is 0 Å². The minimum absolute atomic E-state index is 0.897. The van der Waals surface area contributed by atoms with Gasteiger partial charge in [-0.1, -0.05) is 0 Å². The van der Waals surface area contributed by atoms with Crippen molar-refractivity contribution in [3.8, 4) is 0 Å². The molecule has 52 valence electrons. The van der Waals surface area contributed by atoms with E-state index in [1.54, 1.807) is 11.1 Å². The fraction of sp³-hybridized carbons (Fsp3) is 0.333. The summed E-state index contributed by atoms with van der Waals surface area (Å²) < 4.78 is 0. The van der Waals surface area contributed by atoms with E-state index in [2.05, 4.69) is 24.3 Å². The predicted octanol–water partition coefficient (Wildman–Crippen LogP) is 1.87. The summed E-state index contributed by atoms with van der Waals surface area (Å²) >= 11 is 0.897. The molecular weight excluding hydrogens is 187 g/mol. The van der Waals surface area contributed by atoms with Crippen molar-refractivity contribution in [3.63, 3.8) is 0 Å². The Morgan fingerprint density at radius 2 is 1.90 bits per heavy atom. The Balaban J connectivity index is 2.41. The monoisotopic (exact) mass is 198 g/mol. The summed E-state index contributed by atoms with van der Waals surface area (Å²) in [4.78, 5) is 0. The zero-order chi connectivity index (χ0) is 6.81. The molecule has 1 aromatic carbocycles. The van der Waals surface area contributed by atoms with Crippen LogP contribution >= 0.6 is 0 Å². The van der Waals surface area contributed by atoms with Gasteiger partial charge in [-0.25, -0.2) is 0 Å². The fourth-order valence-corrected chi connectivity index (χ4v) is 3.43. The third-order valence-electron chi connectivity index (χ3n) is 1.89. The maximum atomic E-state index is 2.27. The standard InChI is InChI=1S/C9H10Se/c1-2-4-9-7-10-6-5-8(9)3-1/h1-4H,5-7H2. The van der Waals surface area contributed by atoms with Crippen LogP contribution in [-0.4, -0.2) is 15.0 Å². The molecule has 1 aromatic rings. The van der Waals surface area contributed by atoms with Gasteiger partial charge in [0.1, 0.15) is 0 Å². The topological polar surface area (TPSA) is 0 Å². The van der Waals surface area contributed by atoms with E-state index in [0.29, 0.717) is 0 Å². The summed E-state index contributed by atoms with van der Waals surface area (Å²) in [6.07, 6.45) is 1.33. The number of aryl methyl sites for hydroxylation is 1. The second-order valence-electron chi connectivity index (χ2n) is 2.57. The van der Waals surface area contributed by atoms with Crippen LogP contribution < -0.4 is 0 Å². The third-order valence-corrected chi connectivity index (χ3v) is 4.01. The first-order valence-corrected chi connectivity index (χ1v) is 6.03. The predicted molar refractivity (Wildman–Crippen MR) is 44.4 cm³/mol. The average molecular weight is 197 g/mol. The van der Waals surface area contributed by atoms with Crippen LogP contribution in [0.4, 0.5) is 0 Å². The van der Waals surface area contributed by atoms with E-state index in [1.165, 1.54) is 17.1 Å². The number of fused-ring (bicyclic) bond motifs is 1. The first-order valence-electron chi connectivity index (χ1n) is 3.61. The SMILES string of the molecule is c1ccc2c(c1)CC[Se]C2. The third kappa shape index (κ3) is 1.12. The Morgan fingerprint density at radius 1 is 1.10 bits per heavy atom. The number of hydrogen-bond acceptors (Lipinski definition) is 0. The van der Waals surface area contributed by atoms with Gasteiger partial charge in [-0.3, -0.25) is 0 Å². The van der Waals surface area contributed by atoms with Gasteiger partial charge in [-0.15, -0.1) is 0 Å². The molecule has 0 saturated heterocycles. The normalized spacial score (nSPS) is 16.4. The Kier molecular flexibility index (Phi) is 1.79. The summed E-state index contributed by atoms with van der Waals surface area (Å²) in [6.45, 7) is 0. The van der Waals surface area contributed by atoms with Crippen molar-refractivity contribution in [2.24, 2.45) is 0 Å². The molecule has 0 saturated carbocycles. The van der Waals surface area contributed by atoms with Crippen molar-refractivity contribution >= 4 is 15.0 Å². The molecule has 0 bridgehead atoms. The van der Waals surface area contributed by atoms with Gasteiger partial charge in [0.25, 0.3) is 0 Å². The van der Waals surface area contributed by atoms with Crippen molar-refractivity contribution in [3.05, 3.63) is 35.4 Å². The number of hydrogen-bond donors (Lipinski definition) is 0. The van der Waals surface area contributed by atoms with Crippen molar-refractivity contribution in [1.29, 1.82) is 0 Å². The van der Waals surface area contributed by atoms with Gasteiger partial charge in [0.15, 0.2) is 0 Å². The van der Waals surface area contributed by atoms with E-state index in [0.717, 1.165) is 15.0 Å². The molecule has 0 amide bonds. The Bertz CT molecular complexity index is 205. The van der Waals surface area contributed by atoms with Crippen molar-refractivity contribution in [2.45, 2.75) is 17.1 Å². The summed E-state index contributed by atoms with van der Waals surface area (Å²) in [6, 6.07) is 8.85. The second kappa shape index (κ2) is 2.77. The zero-order valence-corrected chi connectivity index (χ0v) is 7.55. The summed E-state index contributed by atoms with van der Waals surface area (Å²) in [5.74, 6) is 0. The molecule has 2 rings (SSSR count). The van der Waals surface area contributed by atoms with Crippen LogP contribution in [0.1, 0.15) is 11.1 Å². The fourth-order valence-electron chi connectivity index (χ4n) is 1.31. The first kappa shape index (κ1) is 6.45. The molecule has 0 radical (unpaired) electrons. The summed E-state index contributed by atoms with van der Waals surface area (Å²) in [7, 11) is 0. The van der Waals surface area contributed by atoms with Crippen LogP contribution in [0.2, 0.25) is 5.32 Å². The van der Waals surface area contributed by atoms with E-state index in [9.17, 15) is 0 Å². The zero-order valence-electron chi connectivity index (χ0n) is 5.84. The van der Waals surface area contributed by atoms with Crippen LogP contribution in [-0.2, 0) is 11.7 Å². The van der Waals surface area contributed by atoms with E-state index < -0.39 is 0 Å². The molecular formula is C9H10Se. The number of rotatable bonds is 0. The minimum atomic E-state index is 0.897. The van der Waals surface area contributed by atoms with Crippen LogP contribution in [0.3, 0.4) is 0 Å². The molecule has 0 spiro atoms. The second-order valence-corrected chi connectivity index (χ2v) is 4.89. The maximum absolute atomic E-state index is 2.27. The molecule has 0 N–H and O–H groups in total. The molecule has 0 nitrogen and oxygen atoms in total.